The predicted molar refractivity (Wildman–Crippen MR) is 131 cm³/mol. The van der Waals surface area contributed by atoms with Crippen LogP contribution in [-0.4, -0.2) is 63.8 Å². The van der Waals surface area contributed by atoms with Crippen LogP contribution in [-0.2, 0) is 10.9 Å². The van der Waals surface area contributed by atoms with Crippen molar-refractivity contribution in [3.63, 3.8) is 0 Å². The van der Waals surface area contributed by atoms with Crippen molar-refractivity contribution in [1.82, 2.24) is 15.2 Å². The van der Waals surface area contributed by atoms with Gasteiger partial charge in [-0.2, -0.15) is 18.3 Å². The number of hydrogen-bond donors (Lipinski definition) is 3. The molecule has 3 heterocycles. The van der Waals surface area contributed by atoms with E-state index in [9.17, 15) is 23.1 Å². The Bertz CT molecular complexity index is 1280. The minimum Gasteiger partial charge on any atom is -0.475 e. The molecule has 0 aliphatic carbocycles. The van der Waals surface area contributed by atoms with Crippen molar-refractivity contribution in [2.45, 2.75) is 38.0 Å². The minimum absolute atomic E-state index is 0.136. The van der Waals surface area contributed by atoms with Crippen LogP contribution in [0.5, 0.6) is 5.88 Å². The lowest BCUT2D eigenvalue weighted by Gasteiger charge is -2.23. The van der Waals surface area contributed by atoms with Crippen molar-refractivity contribution in [1.29, 1.82) is 0 Å². The first-order valence-corrected chi connectivity index (χ1v) is 12.0. The number of pyridine rings is 1. The number of halogens is 3. The molecular weight excluding hydrogens is 505 g/mol. The van der Waals surface area contributed by atoms with Crippen LogP contribution in [0.25, 0.3) is 11.1 Å². The topological polar surface area (TPSA) is 127 Å². The fourth-order valence-corrected chi connectivity index (χ4v) is 4.03. The first-order chi connectivity index (χ1) is 18.1. The van der Waals surface area contributed by atoms with E-state index in [4.69, 9.17) is 14.6 Å². The van der Waals surface area contributed by atoms with Gasteiger partial charge in [-0.15, -0.1) is 5.10 Å². The van der Waals surface area contributed by atoms with E-state index >= 15 is 0 Å². The summed E-state index contributed by atoms with van der Waals surface area (Å²) in [6.07, 6.45) is -3.60. The molecule has 2 aromatic heterocycles. The minimum atomic E-state index is -4.65. The number of amides is 1. The Morgan fingerprint density at radius 2 is 1.97 bits per heavy atom. The van der Waals surface area contributed by atoms with Crippen LogP contribution >= 0.6 is 0 Å². The third kappa shape index (κ3) is 6.82. The predicted octanol–water partition coefficient (Wildman–Crippen LogP) is 3.74. The highest BCUT2D eigenvalue weighted by molar-refractivity contribution is 6.03. The largest absolute Gasteiger partial charge is 0.475 e. The van der Waals surface area contributed by atoms with Crippen molar-refractivity contribution in [3.8, 4) is 17.0 Å². The molecule has 1 aliphatic heterocycles. The Morgan fingerprint density at radius 1 is 1.21 bits per heavy atom. The summed E-state index contributed by atoms with van der Waals surface area (Å²) < 4.78 is 50.2. The maximum atomic E-state index is 13.0. The highest BCUT2D eigenvalue weighted by atomic mass is 19.4. The molecule has 9 nitrogen and oxygen atoms in total. The average Bonchev–Trinajstić information content (AvgIpc) is 2.92. The van der Waals surface area contributed by atoms with Crippen molar-refractivity contribution in [2.24, 2.45) is 0 Å². The molecule has 202 valence electrons. The van der Waals surface area contributed by atoms with Crippen LogP contribution in [0, 0.1) is 6.92 Å². The molecule has 0 saturated carbocycles. The van der Waals surface area contributed by atoms with Crippen LogP contribution in [0.1, 0.15) is 46.1 Å². The van der Waals surface area contributed by atoms with Gasteiger partial charge in [0.1, 0.15) is 12.7 Å². The second kappa shape index (κ2) is 11.8. The number of aliphatic hydroxyl groups excluding tert-OH is 2. The van der Waals surface area contributed by atoms with Gasteiger partial charge in [-0.3, -0.25) is 4.79 Å². The SMILES string of the molecule is Cc1ccc(NC(=O)c2cc(C(F)(F)F)cnn2)cc1-c1cc(OCC(O)CO)nc(C2CCOCC2)c1. The maximum Gasteiger partial charge on any atom is 0.418 e. The van der Waals surface area contributed by atoms with E-state index in [1.165, 1.54) is 0 Å². The van der Waals surface area contributed by atoms with Crippen molar-refractivity contribution in [2.75, 3.05) is 31.7 Å². The van der Waals surface area contributed by atoms with Gasteiger partial charge in [-0.05, 0) is 60.7 Å². The molecule has 1 unspecified atom stereocenters. The van der Waals surface area contributed by atoms with Gasteiger partial charge in [-0.25, -0.2) is 4.98 Å². The Labute approximate surface area is 216 Å². The van der Waals surface area contributed by atoms with E-state index in [2.05, 4.69) is 20.5 Å². The molecule has 38 heavy (non-hydrogen) atoms. The number of carbonyl (C=O) groups is 1. The standard InChI is InChI=1S/C26H27F3N4O5/c1-15-2-3-19(31-25(36)23-10-18(12-30-33-23)26(27,28)29)11-21(15)17-8-22(16-4-6-37-7-5-16)32-24(9-17)38-14-20(35)13-34/h2-3,8-12,16,20,34-35H,4-7,13-14H2,1H3,(H,31,36). The highest BCUT2D eigenvalue weighted by Crippen LogP contribution is 2.34. The summed E-state index contributed by atoms with van der Waals surface area (Å²) in [6.45, 7) is 2.49. The zero-order valence-corrected chi connectivity index (χ0v) is 20.5. The van der Waals surface area contributed by atoms with Crippen molar-refractivity contribution in [3.05, 3.63) is 65.1 Å². The third-order valence-electron chi connectivity index (χ3n) is 6.12. The van der Waals surface area contributed by atoms with Crippen LogP contribution in [0.2, 0.25) is 0 Å². The second-order valence-corrected chi connectivity index (χ2v) is 8.96. The number of nitrogens with one attached hydrogen (secondary N) is 1. The average molecular weight is 533 g/mol. The second-order valence-electron chi connectivity index (χ2n) is 8.96. The summed E-state index contributed by atoms with van der Waals surface area (Å²) in [5.74, 6) is -0.431. The zero-order chi connectivity index (χ0) is 27.3. The van der Waals surface area contributed by atoms with E-state index in [1.807, 2.05) is 13.0 Å². The number of alkyl halides is 3. The number of aryl methyl sites for hydroxylation is 1. The number of aliphatic hydroxyl groups is 2. The summed E-state index contributed by atoms with van der Waals surface area (Å²) in [5.41, 5.74) is 1.94. The summed E-state index contributed by atoms with van der Waals surface area (Å²) in [4.78, 5) is 17.3. The molecule has 1 aromatic carbocycles. The lowest BCUT2D eigenvalue weighted by Crippen LogP contribution is -2.22. The summed E-state index contributed by atoms with van der Waals surface area (Å²) >= 11 is 0. The summed E-state index contributed by atoms with van der Waals surface area (Å²) in [7, 11) is 0. The number of carbonyl (C=O) groups excluding carboxylic acids is 1. The van der Waals surface area contributed by atoms with Crippen LogP contribution in [0.15, 0.2) is 42.6 Å². The number of aromatic nitrogens is 3. The van der Waals surface area contributed by atoms with E-state index in [0.29, 0.717) is 31.2 Å². The van der Waals surface area contributed by atoms with E-state index in [0.717, 1.165) is 35.2 Å². The number of anilines is 1. The van der Waals surface area contributed by atoms with Gasteiger partial charge in [0.25, 0.3) is 5.91 Å². The molecule has 1 amide bonds. The van der Waals surface area contributed by atoms with Crippen molar-refractivity contribution >= 4 is 11.6 Å². The van der Waals surface area contributed by atoms with E-state index < -0.39 is 36.1 Å². The van der Waals surface area contributed by atoms with Gasteiger partial charge >= 0.3 is 6.18 Å². The van der Waals surface area contributed by atoms with Crippen LogP contribution in [0.4, 0.5) is 18.9 Å². The first kappa shape index (κ1) is 27.4. The highest BCUT2D eigenvalue weighted by Gasteiger charge is 2.32. The third-order valence-corrected chi connectivity index (χ3v) is 6.12. The zero-order valence-electron chi connectivity index (χ0n) is 20.5. The quantitative estimate of drug-likeness (QED) is 0.401. The number of ether oxygens (including phenoxy) is 2. The number of benzene rings is 1. The first-order valence-electron chi connectivity index (χ1n) is 12.0. The van der Waals surface area contributed by atoms with E-state index in [1.54, 1.807) is 24.3 Å². The van der Waals surface area contributed by atoms with Gasteiger partial charge in [0.15, 0.2) is 5.69 Å². The van der Waals surface area contributed by atoms with Gasteiger partial charge < -0.3 is 25.0 Å². The van der Waals surface area contributed by atoms with Crippen molar-refractivity contribution < 1.29 is 37.7 Å². The molecule has 1 aliphatic rings. The van der Waals surface area contributed by atoms with Gasteiger partial charge in [-0.1, -0.05) is 6.07 Å². The number of rotatable bonds is 8. The maximum absolute atomic E-state index is 13.0. The molecule has 12 heteroatoms. The molecule has 1 fully saturated rings. The molecule has 3 aromatic rings. The van der Waals surface area contributed by atoms with Gasteiger partial charge in [0.2, 0.25) is 5.88 Å². The molecule has 0 bridgehead atoms. The molecule has 0 radical (unpaired) electrons. The lowest BCUT2D eigenvalue weighted by molar-refractivity contribution is -0.137. The monoisotopic (exact) mass is 532 g/mol. The molecule has 4 rings (SSSR count). The van der Waals surface area contributed by atoms with Crippen LogP contribution < -0.4 is 10.1 Å². The van der Waals surface area contributed by atoms with E-state index in [-0.39, 0.29) is 18.4 Å². The number of hydrogen-bond acceptors (Lipinski definition) is 8. The molecule has 3 N–H and O–H groups in total. The molecule has 0 spiro atoms. The van der Waals surface area contributed by atoms with Crippen LogP contribution in [0.3, 0.4) is 0 Å². The molecule has 1 saturated heterocycles. The Morgan fingerprint density at radius 3 is 2.68 bits per heavy atom. The molecular formula is C26H27F3N4O5. The lowest BCUT2D eigenvalue weighted by atomic mass is 9.92. The molecule has 1 atom stereocenters. The Balaban J connectivity index is 1.64. The smallest absolute Gasteiger partial charge is 0.418 e. The normalized spacial score (nSPS) is 15.2. The van der Waals surface area contributed by atoms with Gasteiger partial charge in [0, 0.05) is 36.6 Å². The summed E-state index contributed by atoms with van der Waals surface area (Å²) in [5, 5.41) is 28.2. The Hall–Kier alpha value is -3.61. The fourth-order valence-electron chi connectivity index (χ4n) is 4.03. The Kier molecular flexibility index (Phi) is 8.55. The van der Waals surface area contributed by atoms with Gasteiger partial charge in [0.05, 0.1) is 18.4 Å². The fraction of sp³-hybridized carbons (Fsp3) is 0.385. The number of nitrogens with zero attached hydrogens (tertiary/aromatic N) is 3. The summed E-state index contributed by atoms with van der Waals surface area (Å²) in [6, 6.07) is 9.37.